The fourth-order valence-electron chi connectivity index (χ4n) is 1.82. The molecule has 5 nitrogen and oxygen atoms in total. The number of halogens is 2. The molecule has 128 valence electrons. The van der Waals surface area contributed by atoms with E-state index in [9.17, 15) is 9.18 Å². The molecule has 0 spiro atoms. The van der Waals surface area contributed by atoms with Crippen molar-refractivity contribution >= 4 is 17.5 Å². The van der Waals surface area contributed by atoms with E-state index < -0.39 is 5.82 Å². The molecule has 0 bridgehead atoms. The Balaban J connectivity index is 1.65. The van der Waals surface area contributed by atoms with Crippen molar-refractivity contribution in [1.29, 1.82) is 0 Å². The Morgan fingerprint density at radius 1 is 1.12 bits per heavy atom. The summed E-state index contributed by atoms with van der Waals surface area (Å²) in [6, 6.07) is 10.8. The molecule has 7 heteroatoms. The van der Waals surface area contributed by atoms with Gasteiger partial charge in [0.25, 0.3) is 5.91 Å². The zero-order valence-corrected chi connectivity index (χ0v) is 13.8. The van der Waals surface area contributed by atoms with Crippen molar-refractivity contribution in [2.45, 2.75) is 0 Å². The Morgan fingerprint density at radius 2 is 1.83 bits per heavy atom. The molecule has 0 saturated carbocycles. The van der Waals surface area contributed by atoms with Gasteiger partial charge < -0.3 is 19.5 Å². The number of amides is 1. The minimum atomic E-state index is -0.465. The van der Waals surface area contributed by atoms with Crippen molar-refractivity contribution in [3.8, 4) is 17.2 Å². The molecule has 0 saturated heterocycles. The molecule has 2 aromatic rings. The van der Waals surface area contributed by atoms with Crippen LogP contribution >= 0.6 is 11.6 Å². The predicted molar refractivity (Wildman–Crippen MR) is 88.4 cm³/mol. The summed E-state index contributed by atoms with van der Waals surface area (Å²) in [5.74, 6) is 0.885. The fraction of sp³-hybridized carbons (Fsp3) is 0.235. The van der Waals surface area contributed by atoms with Crippen LogP contribution in [0.1, 0.15) is 0 Å². The molecule has 0 aliphatic rings. The van der Waals surface area contributed by atoms with E-state index in [4.69, 9.17) is 25.8 Å². The minimum absolute atomic E-state index is 0.116. The first-order valence-corrected chi connectivity index (χ1v) is 7.57. The van der Waals surface area contributed by atoms with E-state index in [-0.39, 0.29) is 23.3 Å². The third-order valence-corrected chi connectivity index (χ3v) is 3.30. The molecule has 0 fully saturated rings. The van der Waals surface area contributed by atoms with Crippen LogP contribution in [0.4, 0.5) is 4.39 Å². The molecule has 2 rings (SSSR count). The van der Waals surface area contributed by atoms with Crippen molar-refractivity contribution in [2.24, 2.45) is 0 Å². The normalized spacial score (nSPS) is 10.1. The average molecular weight is 354 g/mol. The van der Waals surface area contributed by atoms with Crippen LogP contribution in [-0.4, -0.2) is 32.8 Å². The van der Waals surface area contributed by atoms with Gasteiger partial charge >= 0.3 is 0 Å². The molecule has 0 atom stereocenters. The summed E-state index contributed by atoms with van der Waals surface area (Å²) >= 11 is 5.80. The number of rotatable bonds is 8. The Morgan fingerprint density at radius 3 is 2.50 bits per heavy atom. The van der Waals surface area contributed by atoms with E-state index in [2.05, 4.69) is 5.32 Å². The summed E-state index contributed by atoms with van der Waals surface area (Å²) in [7, 11) is 1.59. The zero-order chi connectivity index (χ0) is 17.4. The van der Waals surface area contributed by atoms with Gasteiger partial charge in [-0.2, -0.15) is 0 Å². The quantitative estimate of drug-likeness (QED) is 0.741. The Kier molecular flexibility index (Phi) is 6.69. The first-order valence-electron chi connectivity index (χ1n) is 7.20. The lowest BCUT2D eigenvalue weighted by atomic mass is 10.3. The minimum Gasteiger partial charge on any atom is -0.497 e. The first-order chi connectivity index (χ1) is 11.6. The van der Waals surface area contributed by atoms with Gasteiger partial charge in [0.15, 0.2) is 6.61 Å². The van der Waals surface area contributed by atoms with Crippen LogP contribution in [0, 0.1) is 5.82 Å². The second-order valence-corrected chi connectivity index (χ2v) is 5.14. The standard InChI is InChI=1S/C17H17ClFNO4/c1-22-13-3-5-14(6-4-13)23-9-8-20-17(21)11-24-16-7-2-12(19)10-15(16)18/h2-7,10H,8-9,11H2,1H3,(H,20,21). The molecule has 2 aromatic carbocycles. The number of ether oxygens (including phenoxy) is 3. The molecular weight excluding hydrogens is 337 g/mol. The highest BCUT2D eigenvalue weighted by Crippen LogP contribution is 2.24. The number of hydrogen-bond donors (Lipinski definition) is 1. The lowest BCUT2D eigenvalue weighted by Gasteiger charge is -2.10. The van der Waals surface area contributed by atoms with Crippen LogP contribution in [0.15, 0.2) is 42.5 Å². The second kappa shape index (κ2) is 8.98. The van der Waals surface area contributed by atoms with Crippen LogP contribution < -0.4 is 19.5 Å². The summed E-state index contributed by atoms with van der Waals surface area (Å²) < 4.78 is 28.6. The third-order valence-electron chi connectivity index (χ3n) is 3.01. The van der Waals surface area contributed by atoms with Gasteiger partial charge in [-0.15, -0.1) is 0 Å². The van der Waals surface area contributed by atoms with Gasteiger partial charge in [-0.25, -0.2) is 4.39 Å². The van der Waals surface area contributed by atoms with Crippen LogP contribution in [0.5, 0.6) is 17.2 Å². The monoisotopic (exact) mass is 353 g/mol. The molecule has 0 unspecified atom stereocenters. The molecule has 0 radical (unpaired) electrons. The van der Waals surface area contributed by atoms with Crippen molar-refractivity contribution in [3.63, 3.8) is 0 Å². The highest BCUT2D eigenvalue weighted by Gasteiger charge is 2.06. The van der Waals surface area contributed by atoms with Crippen LogP contribution in [-0.2, 0) is 4.79 Å². The largest absolute Gasteiger partial charge is 0.497 e. The summed E-state index contributed by atoms with van der Waals surface area (Å²) in [5.41, 5.74) is 0. The van der Waals surface area contributed by atoms with E-state index in [0.29, 0.717) is 18.9 Å². The van der Waals surface area contributed by atoms with Gasteiger partial charge in [0.2, 0.25) is 0 Å². The van der Waals surface area contributed by atoms with Gasteiger partial charge in [-0.3, -0.25) is 4.79 Å². The molecule has 0 aromatic heterocycles. The van der Waals surface area contributed by atoms with Crippen molar-refractivity contribution in [1.82, 2.24) is 5.32 Å². The number of carbonyl (C=O) groups is 1. The maximum absolute atomic E-state index is 12.9. The first kappa shape index (κ1) is 17.9. The third kappa shape index (κ3) is 5.62. The maximum Gasteiger partial charge on any atom is 0.258 e. The van der Waals surface area contributed by atoms with Gasteiger partial charge in [0.1, 0.15) is 29.7 Å². The highest BCUT2D eigenvalue weighted by molar-refractivity contribution is 6.32. The van der Waals surface area contributed by atoms with Gasteiger partial charge in [0, 0.05) is 0 Å². The number of hydrogen-bond acceptors (Lipinski definition) is 4. The van der Waals surface area contributed by atoms with Crippen molar-refractivity contribution < 1.29 is 23.4 Å². The predicted octanol–water partition coefficient (Wildman–Crippen LogP) is 3.06. The fourth-order valence-corrected chi connectivity index (χ4v) is 2.04. The van der Waals surface area contributed by atoms with Crippen molar-refractivity contribution in [2.75, 3.05) is 26.9 Å². The summed E-state index contributed by atoms with van der Waals surface area (Å²) in [5, 5.41) is 2.76. The molecule has 0 heterocycles. The Hall–Kier alpha value is -2.47. The van der Waals surface area contributed by atoms with Crippen molar-refractivity contribution in [3.05, 3.63) is 53.3 Å². The summed E-state index contributed by atoms with van der Waals surface area (Å²) in [4.78, 5) is 11.7. The van der Waals surface area contributed by atoms with E-state index in [0.717, 1.165) is 11.8 Å². The highest BCUT2D eigenvalue weighted by atomic mass is 35.5. The van der Waals surface area contributed by atoms with E-state index in [1.54, 1.807) is 31.4 Å². The SMILES string of the molecule is COc1ccc(OCCNC(=O)COc2ccc(F)cc2Cl)cc1. The second-order valence-electron chi connectivity index (χ2n) is 4.74. The molecule has 24 heavy (non-hydrogen) atoms. The van der Waals surface area contributed by atoms with E-state index >= 15 is 0 Å². The van der Waals surface area contributed by atoms with Crippen LogP contribution in [0.2, 0.25) is 5.02 Å². The molecule has 0 aliphatic heterocycles. The summed E-state index contributed by atoms with van der Waals surface area (Å²) in [6.07, 6.45) is 0. The number of benzene rings is 2. The number of methoxy groups -OCH3 is 1. The maximum atomic E-state index is 12.9. The van der Waals surface area contributed by atoms with Crippen LogP contribution in [0.3, 0.4) is 0 Å². The van der Waals surface area contributed by atoms with Gasteiger partial charge in [0.05, 0.1) is 18.7 Å². The molecule has 0 aliphatic carbocycles. The lowest BCUT2D eigenvalue weighted by molar-refractivity contribution is -0.123. The average Bonchev–Trinajstić information content (AvgIpc) is 2.58. The van der Waals surface area contributed by atoms with E-state index in [1.165, 1.54) is 12.1 Å². The molecule has 1 N–H and O–H groups in total. The number of carbonyl (C=O) groups excluding carboxylic acids is 1. The molecule has 1 amide bonds. The van der Waals surface area contributed by atoms with Crippen LogP contribution in [0.25, 0.3) is 0 Å². The smallest absolute Gasteiger partial charge is 0.258 e. The molecular formula is C17H17ClFNO4. The Labute approximate surface area is 144 Å². The lowest BCUT2D eigenvalue weighted by Crippen LogP contribution is -2.32. The number of nitrogens with one attached hydrogen (secondary N) is 1. The zero-order valence-electron chi connectivity index (χ0n) is 13.1. The van der Waals surface area contributed by atoms with E-state index in [1.807, 2.05) is 0 Å². The topological polar surface area (TPSA) is 56.8 Å². The Bertz CT molecular complexity index is 679. The van der Waals surface area contributed by atoms with Gasteiger partial charge in [-0.1, -0.05) is 11.6 Å². The van der Waals surface area contributed by atoms with Gasteiger partial charge in [-0.05, 0) is 42.5 Å². The summed E-state index contributed by atoms with van der Waals surface area (Å²) in [6.45, 7) is 0.425.